The summed E-state index contributed by atoms with van der Waals surface area (Å²) in [6.45, 7) is 21.8. The van der Waals surface area contributed by atoms with Crippen molar-refractivity contribution in [2.75, 3.05) is 141 Å². The van der Waals surface area contributed by atoms with Crippen molar-refractivity contribution in [3.8, 4) is 0 Å². The number of ether oxygens (including phenoxy) is 4. The van der Waals surface area contributed by atoms with Crippen molar-refractivity contribution in [2.45, 2.75) is 136 Å². The maximum atomic E-state index is 14.5. The van der Waals surface area contributed by atoms with Crippen molar-refractivity contribution < 1.29 is 89.2 Å². The van der Waals surface area contributed by atoms with E-state index in [0.717, 1.165) is 131 Å². The lowest BCUT2D eigenvalue weighted by molar-refractivity contribution is -0.138. The van der Waals surface area contributed by atoms with Gasteiger partial charge in [0, 0.05) is 84.8 Å². The lowest BCUT2D eigenvalue weighted by Gasteiger charge is -2.36. The quantitative estimate of drug-likeness (QED) is 0.0123. The first-order valence-corrected chi connectivity index (χ1v) is 46.4. The first-order chi connectivity index (χ1) is 69.5. The van der Waals surface area contributed by atoms with Crippen molar-refractivity contribution in [3.05, 3.63) is 285 Å². The van der Waals surface area contributed by atoms with Gasteiger partial charge in [0.1, 0.15) is 0 Å². The predicted octanol–water partition coefficient (Wildman–Crippen LogP) is 23.0. The third-order valence-electron chi connectivity index (χ3n) is 23.2. The Hall–Kier alpha value is -14.9. The summed E-state index contributed by atoms with van der Waals surface area (Å²) >= 11 is 0. The van der Waals surface area contributed by atoms with Crippen LogP contribution in [0, 0.1) is 30.2 Å². The molecule has 145 heavy (non-hydrogen) atoms. The average molecular weight is 2020 g/mol. The van der Waals surface area contributed by atoms with Gasteiger partial charge in [-0.3, -0.25) is 0 Å². The van der Waals surface area contributed by atoms with Crippen LogP contribution in [0.5, 0.6) is 0 Å². The number of nitrogens with zero attached hydrogens (tertiary/aromatic N) is 16. The summed E-state index contributed by atoms with van der Waals surface area (Å²) in [6, 6.07) is 41.8. The predicted molar refractivity (Wildman–Crippen MR) is 530 cm³/mol. The van der Waals surface area contributed by atoms with Crippen LogP contribution >= 0.6 is 0 Å². The number of aryl methyl sites for hydroxylation is 4. The zero-order valence-corrected chi connectivity index (χ0v) is 80.0. The molecule has 0 amide bonds. The third kappa shape index (κ3) is 30.6. The summed E-state index contributed by atoms with van der Waals surface area (Å²) in [7, 11) is 0. The first-order valence-electron chi connectivity index (χ1n) is 46.4. The average Bonchev–Trinajstić information content (AvgIpc) is 0.535. The summed E-state index contributed by atoms with van der Waals surface area (Å²) in [6.07, 6.45) is -3.21. The van der Waals surface area contributed by atoms with Gasteiger partial charge in [-0.25, -0.2) is 59.2 Å². The minimum atomic E-state index is -4.41. The maximum absolute atomic E-state index is 14.5. The Morgan fingerprint density at radius 2 is 0.683 bits per heavy atom. The van der Waals surface area contributed by atoms with E-state index in [4.69, 9.17) is 18.9 Å². The minimum Gasteiger partial charge on any atom is -0.377 e. The van der Waals surface area contributed by atoms with Crippen molar-refractivity contribution in [2.24, 2.45) is 20.4 Å². The Morgan fingerprint density at radius 1 is 0.359 bits per heavy atom. The first kappa shape index (κ1) is 107. The summed E-state index contributed by atoms with van der Waals surface area (Å²) in [4.78, 5) is 40.3. The number of nitrogens with one attached hydrogen (secondary N) is 8. The summed E-state index contributed by atoms with van der Waals surface area (Å²) in [5, 5.41) is 28.8. The molecule has 0 saturated carbocycles. The van der Waals surface area contributed by atoms with E-state index >= 15 is 0 Å². The van der Waals surface area contributed by atoms with Gasteiger partial charge < -0.3 is 59.8 Å². The summed E-state index contributed by atoms with van der Waals surface area (Å²) in [5.41, 5.74) is 18.9. The zero-order chi connectivity index (χ0) is 104. The molecule has 8 aromatic carbocycles. The number of anilines is 16. The van der Waals surface area contributed by atoms with Crippen LogP contribution in [0.4, 0.5) is 163 Å². The molecule has 16 rings (SSSR count). The fourth-order valence-corrected chi connectivity index (χ4v) is 15.6. The third-order valence-corrected chi connectivity index (χ3v) is 23.2. The molecule has 766 valence electrons. The van der Waals surface area contributed by atoms with Gasteiger partial charge in [-0.2, -0.15) is 93.0 Å². The van der Waals surface area contributed by atoms with E-state index in [2.05, 4.69) is 103 Å². The highest BCUT2D eigenvalue weighted by Crippen LogP contribution is 2.38. The number of halogens is 16. The monoisotopic (exact) mass is 2020 g/mol. The molecule has 8 N–H and O–H groups in total. The molecule has 4 aliphatic rings. The van der Waals surface area contributed by atoms with E-state index in [0.29, 0.717) is 144 Å². The van der Waals surface area contributed by atoms with Crippen LogP contribution in [0.1, 0.15) is 128 Å². The topological polar surface area (TPSA) is 299 Å². The molecule has 4 atom stereocenters. The largest absolute Gasteiger partial charge is 0.416 e. The summed E-state index contributed by atoms with van der Waals surface area (Å²) in [5.74, 6) is -0.635. The van der Waals surface area contributed by atoms with E-state index in [9.17, 15) is 70.2 Å². The van der Waals surface area contributed by atoms with Crippen molar-refractivity contribution in [1.29, 1.82) is 0 Å². The van der Waals surface area contributed by atoms with Gasteiger partial charge in [-0.05, 0) is 219 Å². The molecule has 0 bridgehead atoms. The molecule has 0 aliphatic carbocycles. The molecule has 4 aliphatic heterocycles. The normalized spacial score (nSPS) is 16.4. The van der Waals surface area contributed by atoms with E-state index in [-0.39, 0.29) is 71.4 Å². The van der Waals surface area contributed by atoms with Crippen LogP contribution in [0.2, 0.25) is 0 Å². The highest BCUT2D eigenvalue weighted by molar-refractivity contribution is 5.86. The van der Waals surface area contributed by atoms with E-state index in [1.807, 2.05) is 111 Å². The highest BCUT2D eigenvalue weighted by Gasteiger charge is 2.36. The molecular formula is C101H106F16N24O4. The fraction of sp³-hybridized carbons (Fsp3) is 0.327. The van der Waals surface area contributed by atoms with Gasteiger partial charge >= 0.3 is 24.7 Å². The van der Waals surface area contributed by atoms with E-state index in [1.165, 1.54) is 24.3 Å². The molecular weight excluding hydrogens is 1920 g/mol. The summed E-state index contributed by atoms with van der Waals surface area (Å²) < 4.78 is 235. The van der Waals surface area contributed by atoms with E-state index < -0.39 is 70.2 Å². The van der Waals surface area contributed by atoms with Crippen LogP contribution in [0.15, 0.2) is 215 Å². The molecule has 4 unspecified atom stereocenters. The molecule has 0 radical (unpaired) electrons. The number of hydrogen-bond donors (Lipinski definition) is 8. The molecule has 12 aromatic rings. The van der Waals surface area contributed by atoms with Crippen molar-refractivity contribution in [3.63, 3.8) is 0 Å². The number of rotatable bonds is 29. The second kappa shape index (κ2) is 49.9. The van der Waals surface area contributed by atoms with Gasteiger partial charge in [0.05, 0.1) is 136 Å². The van der Waals surface area contributed by atoms with E-state index in [1.54, 1.807) is 85.5 Å². The molecule has 8 heterocycles. The Balaban J connectivity index is 0.000000162. The Morgan fingerprint density at radius 3 is 1.03 bits per heavy atom. The van der Waals surface area contributed by atoms with Crippen LogP contribution < -0.4 is 62.6 Å². The number of morpholine rings is 4. The van der Waals surface area contributed by atoms with Crippen molar-refractivity contribution in [1.82, 2.24) is 39.9 Å². The highest BCUT2D eigenvalue weighted by atomic mass is 19.4. The van der Waals surface area contributed by atoms with Crippen LogP contribution in [0.3, 0.4) is 0 Å². The zero-order valence-electron chi connectivity index (χ0n) is 80.0. The van der Waals surface area contributed by atoms with Crippen LogP contribution in [-0.4, -0.2) is 168 Å². The number of aromatic nitrogens is 8. The lowest BCUT2D eigenvalue weighted by atomic mass is 10.0. The Labute approximate surface area is 825 Å². The number of alkyl halides is 12. The number of hydrogen-bond acceptors (Lipinski definition) is 28. The molecule has 0 spiro atoms. The second-order valence-electron chi connectivity index (χ2n) is 33.5. The van der Waals surface area contributed by atoms with Gasteiger partial charge in [0.25, 0.3) is 0 Å². The molecule has 4 aromatic heterocycles. The number of hydrazone groups is 4. The van der Waals surface area contributed by atoms with Crippen LogP contribution in [-0.2, 0) is 62.9 Å². The standard InChI is InChI=1S/C26H28F4N6O.3C25H26F4N6O/c1-3-17-12-21(33-20-7-5-6-19(13-20)26(28,29)30)9-8-18(17)14-32-35-25-31-15-23(27)24(34-25)36-10-11-37-16-22(36)4-2;1-3-17-11-21(32-20-6-4-5-19(12-20)25(27,28)29)8-7-18(17)13-31-34-24-30-14-22(26)23(33-24)35-9-10-36-15-16(35)2;1-3-17-11-21(32-20-6-4-5-19(12-20)25(27,28)29)8-7-18(17)13-31-34-24-30-14-22(26)23(33-24)35-9-10-36-16(2)15-35;1-3-21-15-35(9-10-36-21)23-22(26)14-30-24(33-23)34-31-13-17-7-8-20(11-16(17)2)32-19-6-4-5-18(12-19)25(27,28)29/h5-9,12-15,22,33H,3-4,10-11,16H2,1-2H3,(H,31,34,35);2*4-8,11-14,16,32H,3,9-10,15H2,1-2H3,(H,30,33,34);4-8,11-14,21,32H,3,9-10,15H2,1-2H3,(H,30,33,34)/b32-14+;3*31-13+. The molecule has 4 saturated heterocycles. The van der Waals surface area contributed by atoms with Gasteiger partial charge in [-0.1, -0.05) is 83.1 Å². The Bertz CT molecular complexity index is 6480. The maximum Gasteiger partial charge on any atom is 0.416 e. The Kier molecular flexibility index (Phi) is 36.9. The molecule has 28 nitrogen and oxygen atoms in total. The fourth-order valence-electron chi connectivity index (χ4n) is 15.6. The SMILES string of the molecule is CCC1CN(c2nc(N/N=C/c3ccc(Nc4cccc(C(F)(F)F)c4)cc3C)ncc2F)CCO1.CCc1cc(Nc2cccc(C(F)(F)F)c2)ccc1/C=N/Nc1ncc(F)c(N2CCOC(C)C2)n1.CCc1cc(Nc2cccc(C(F)(F)F)c2)ccc1/C=N/Nc1ncc(F)c(N2CCOCC2C)n1.CCc1cc(Nc2cccc(C(F)(F)F)c2)ccc1/C=N/Nc1ncc(F)c(N2CCOCC2CC)n1. The van der Waals surface area contributed by atoms with Gasteiger partial charge in [0.15, 0.2) is 46.5 Å². The smallest absolute Gasteiger partial charge is 0.377 e. The van der Waals surface area contributed by atoms with Gasteiger partial charge in [0.2, 0.25) is 23.8 Å². The van der Waals surface area contributed by atoms with Crippen molar-refractivity contribution >= 4 is 117 Å². The molecule has 44 heteroatoms. The number of benzene rings is 8. The van der Waals surface area contributed by atoms with Crippen LogP contribution in [0.25, 0.3) is 0 Å². The minimum absolute atomic E-state index is 0.0188. The second-order valence-corrected chi connectivity index (χ2v) is 33.5. The molecule has 4 fully saturated rings. The van der Waals surface area contributed by atoms with Gasteiger partial charge in [-0.15, -0.1) is 0 Å². The lowest BCUT2D eigenvalue weighted by Crippen LogP contribution is -2.46.